The van der Waals surface area contributed by atoms with Crippen molar-refractivity contribution in [3.63, 3.8) is 0 Å². The van der Waals surface area contributed by atoms with E-state index in [1.165, 1.54) is 0 Å². The average Bonchev–Trinajstić information content (AvgIpc) is 2.70. The molecule has 3 aromatic rings. The highest BCUT2D eigenvalue weighted by Crippen LogP contribution is 2.35. The first kappa shape index (κ1) is 13.5. The number of benzene rings is 3. The second kappa shape index (κ2) is 6.67. The lowest BCUT2D eigenvalue weighted by molar-refractivity contribution is 0.411. The number of phenolic OH excluding ortho intramolecular Hbond substituents is 2. The van der Waals surface area contributed by atoms with Crippen LogP contribution in [0.4, 0.5) is 0 Å². The minimum absolute atomic E-state index is 0.0240. The maximum Gasteiger partial charge on any atom is 0.293 e. The van der Waals surface area contributed by atoms with Crippen molar-refractivity contribution < 1.29 is 15.0 Å². The lowest BCUT2D eigenvalue weighted by atomic mass is 9.84. The Balaban J connectivity index is 2.10. The zero-order valence-corrected chi connectivity index (χ0v) is 13.7. The highest BCUT2D eigenvalue weighted by molar-refractivity contribution is 5.48. The summed E-state index contributed by atoms with van der Waals surface area (Å²) in [5.74, 6) is 1.80. The number of aryl methyl sites for hydroxylation is 1. The molecule has 0 aliphatic rings. The first-order valence-corrected chi connectivity index (χ1v) is 7.77. The SMILES string of the molecule is [2H]Oc1ccc(C(c2ccc(O[2H])cc2)c2ccc(C)c(OC)c2)cc1. The van der Waals surface area contributed by atoms with E-state index in [0.29, 0.717) is 11.5 Å². The summed E-state index contributed by atoms with van der Waals surface area (Å²) in [6, 6.07) is 21.1. The molecule has 3 rings (SSSR count). The predicted molar refractivity (Wildman–Crippen MR) is 94.9 cm³/mol. The molecule has 0 aliphatic carbocycles. The number of aromatic hydroxyl groups is 2. The van der Waals surface area contributed by atoms with Crippen molar-refractivity contribution in [2.24, 2.45) is 0 Å². The van der Waals surface area contributed by atoms with Gasteiger partial charge in [0, 0.05) is 5.92 Å². The van der Waals surface area contributed by atoms with Crippen LogP contribution < -0.4 is 4.74 Å². The number of ether oxygens (including phenoxy) is 1. The molecule has 3 aromatic carbocycles. The summed E-state index contributed by atoms with van der Waals surface area (Å²) < 4.78 is 19.5. The summed E-state index contributed by atoms with van der Waals surface area (Å²) in [5.41, 5.74) is 4.30. The second-order valence-electron chi connectivity index (χ2n) is 5.80. The Morgan fingerprint density at radius 1 is 0.792 bits per heavy atom. The molecule has 0 heterocycles. The number of hydrogen-bond acceptors (Lipinski definition) is 3. The van der Waals surface area contributed by atoms with Crippen LogP contribution in [-0.2, 0) is 0 Å². The van der Waals surface area contributed by atoms with Crippen LogP contribution in [0.25, 0.3) is 0 Å². The first-order chi connectivity index (χ1) is 12.7. The van der Waals surface area contributed by atoms with Crippen molar-refractivity contribution in [2.45, 2.75) is 12.8 Å². The molecular weight excluding hydrogens is 300 g/mol. The van der Waals surface area contributed by atoms with Crippen molar-refractivity contribution in [3.8, 4) is 17.2 Å². The van der Waals surface area contributed by atoms with Gasteiger partial charge in [-0.15, -0.1) is 0 Å². The Bertz CT molecular complexity index is 814. The fraction of sp³-hybridized carbons (Fsp3) is 0.143. The number of hydrogen-bond donors (Lipinski definition) is 2. The molecule has 24 heavy (non-hydrogen) atoms. The summed E-state index contributed by atoms with van der Waals surface area (Å²) >= 11 is 0. The van der Waals surface area contributed by atoms with Gasteiger partial charge in [-0.1, -0.05) is 36.4 Å². The fourth-order valence-electron chi connectivity index (χ4n) is 2.91. The van der Waals surface area contributed by atoms with Crippen LogP contribution in [-0.4, -0.2) is 20.2 Å². The van der Waals surface area contributed by atoms with Gasteiger partial charge in [0.15, 0.2) is 0 Å². The molecule has 0 atom stereocenters. The molecule has 0 amide bonds. The lowest BCUT2D eigenvalue weighted by Gasteiger charge is -2.20. The molecule has 3 nitrogen and oxygen atoms in total. The Hall–Kier alpha value is -2.94. The maximum absolute atomic E-state index is 7.02. The van der Waals surface area contributed by atoms with Crippen molar-refractivity contribution in [1.82, 2.24) is 0 Å². The molecule has 0 radical (unpaired) electrons. The van der Waals surface area contributed by atoms with E-state index >= 15 is 0 Å². The Morgan fingerprint density at radius 2 is 1.29 bits per heavy atom. The molecule has 122 valence electrons. The van der Waals surface area contributed by atoms with Crippen LogP contribution >= 0.6 is 0 Å². The van der Waals surface area contributed by atoms with Crippen molar-refractivity contribution in [2.75, 3.05) is 7.11 Å². The Morgan fingerprint density at radius 3 is 1.75 bits per heavy atom. The minimum Gasteiger partial charge on any atom is -0.508 e. The number of methoxy groups -OCH3 is 1. The van der Waals surface area contributed by atoms with Crippen LogP contribution in [0, 0.1) is 6.92 Å². The molecule has 0 fully saturated rings. The molecule has 0 aromatic heterocycles. The molecule has 0 unspecified atom stereocenters. The average molecular weight is 322 g/mol. The normalized spacial score (nSPS) is 11.6. The maximum atomic E-state index is 7.02. The third-order valence-corrected chi connectivity index (χ3v) is 4.19. The third kappa shape index (κ3) is 3.20. The lowest BCUT2D eigenvalue weighted by Crippen LogP contribution is -2.04. The zero-order valence-electron chi connectivity index (χ0n) is 15.7. The summed E-state index contributed by atoms with van der Waals surface area (Å²) in [5, 5.41) is 9.07. The third-order valence-electron chi connectivity index (χ3n) is 4.19. The second-order valence-corrected chi connectivity index (χ2v) is 5.80. The van der Waals surface area contributed by atoms with E-state index < -0.39 is 0 Å². The highest BCUT2D eigenvalue weighted by Gasteiger charge is 2.18. The molecular formula is C21H20O3. The van der Waals surface area contributed by atoms with E-state index in [9.17, 15) is 0 Å². The molecule has 0 aliphatic heterocycles. The topological polar surface area (TPSA) is 49.7 Å². The summed E-state index contributed by atoms with van der Waals surface area (Å²) in [6.45, 7) is 2.01. The summed E-state index contributed by atoms with van der Waals surface area (Å²) in [7, 11) is 1.67. The van der Waals surface area contributed by atoms with E-state index in [1.54, 1.807) is 31.4 Å². The van der Waals surface area contributed by atoms with Gasteiger partial charge in [0.2, 0.25) is 0 Å². The number of rotatable bonds is 6. The van der Waals surface area contributed by atoms with Gasteiger partial charge in [0.05, 0.1) is 7.11 Å². The van der Waals surface area contributed by atoms with E-state index in [2.05, 4.69) is 16.3 Å². The van der Waals surface area contributed by atoms with Gasteiger partial charge >= 0.3 is 0 Å². The quantitative estimate of drug-likeness (QED) is 0.652. The molecule has 0 saturated heterocycles. The van der Waals surface area contributed by atoms with Crippen molar-refractivity contribution >= 4 is 0 Å². The van der Waals surface area contributed by atoms with Gasteiger partial charge in [-0.3, -0.25) is 0 Å². The summed E-state index contributed by atoms with van der Waals surface area (Å²) in [4.78, 5) is 0. The van der Waals surface area contributed by atoms with Gasteiger partial charge in [0.1, 0.15) is 17.2 Å². The molecule has 3 heteroatoms. The number of phenols is 2. The van der Waals surface area contributed by atoms with Crippen LogP contribution in [0.2, 0.25) is 0 Å². The van der Waals surface area contributed by atoms with Gasteiger partial charge in [-0.2, -0.15) is 0 Å². The van der Waals surface area contributed by atoms with Gasteiger partial charge < -0.3 is 15.0 Å². The van der Waals surface area contributed by atoms with Gasteiger partial charge in [-0.25, -0.2) is 0 Å². The molecule has 0 saturated carbocycles. The summed E-state index contributed by atoms with van der Waals surface area (Å²) in [6.07, 6.45) is 0. The fourth-order valence-corrected chi connectivity index (χ4v) is 2.91. The standard InChI is InChI=1S/C21H20O3/c1-14-3-4-17(13-20(14)24-2)21(15-5-9-18(22)10-6-15)16-7-11-19(23)12-8-16/h3-13,21-23H,1-2H3/i/hD2. The zero-order chi connectivity index (χ0) is 18.5. The van der Waals surface area contributed by atoms with Crippen LogP contribution in [0.3, 0.4) is 0 Å². The largest absolute Gasteiger partial charge is 0.508 e. The van der Waals surface area contributed by atoms with Gasteiger partial charge in [-0.05, 0) is 59.5 Å². The van der Waals surface area contributed by atoms with Crippen LogP contribution in [0.5, 0.6) is 17.2 Å². The van der Waals surface area contributed by atoms with E-state index in [1.807, 2.05) is 43.3 Å². The monoisotopic (exact) mass is 322 g/mol. The predicted octanol–water partition coefficient (Wildman–Crippen LogP) is 4.60. The van der Waals surface area contributed by atoms with Crippen LogP contribution in [0.15, 0.2) is 66.7 Å². The van der Waals surface area contributed by atoms with Crippen LogP contribution in [0.1, 0.15) is 28.2 Å². The van der Waals surface area contributed by atoms with E-state index in [-0.39, 0.29) is 5.92 Å². The van der Waals surface area contributed by atoms with E-state index in [0.717, 1.165) is 28.0 Å². The Labute approximate surface area is 144 Å². The minimum atomic E-state index is -0.0240. The van der Waals surface area contributed by atoms with Crippen molar-refractivity contribution in [1.29, 1.82) is 2.86 Å². The molecule has 0 bridgehead atoms. The van der Waals surface area contributed by atoms with Crippen molar-refractivity contribution in [3.05, 3.63) is 89.0 Å². The Kier molecular flexibility index (Phi) is 3.75. The highest BCUT2D eigenvalue weighted by atomic mass is 16.5. The first-order valence-electron chi connectivity index (χ1n) is 8.58. The van der Waals surface area contributed by atoms with Gasteiger partial charge in [0.25, 0.3) is 2.86 Å². The van der Waals surface area contributed by atoms with E-state index in [4.69, 9.17) is 7.60 Å². The molecule has 0 spiro atoms. The smallest absolute Gasteiger partial charge is 0.293 e. The molecule has 2 N–H and O–H groups in total.